The molecule has 0 saturated heterocycles. The van der Waals surface area contributed by atoms with Crippen LogP contribution in [0.15, 0.2) is 73.3 Å². The maximum Gasteiger partial charge on any atom is 0.220 e. The number of aliphatic hydroxyl groups excluding tert-OH is 1. The molecule has 1 aliphatic rings. The van der Waals surface area contributed by atoms with Crippen molar-refractivity contribution in [1.29, 1.82) is 0 Å². The van der Waals surface area contributed by atoms with Gasteiger partial charge in [0.2, 0.25) is 5.91 Å². The third-order valence-electron chi connectivity index (χ3n) is 5.14. The van der Waals surface area contributed by atoms with Crippen LogP contribution in [0.4, 0.5) is 0 Å². The van der Waals surface area contributed by atoms with Gasteiger partial charge in [-0.3, -0.25) is 4.79 Å². The predicted octanol–water partition coefficient (Wildman–Crippen LogP) is 3.98. The second-order valence-electron chi connectivity index (χ2n) is 6.91. The largest absolute Gasteiger partial charge is 0.388 e. The van der Waals surface area contributed by atoms with Crippen molar-refractivity contribution in [3.8, 4) is 0 Å². The normalized spacial score (nSPS) is 17.3. The van der Waals surface area contributed by atoms with Crippen LogP contribution in [0.2, 0.25) is 0 Å². The van der Waals surface area contributed by atoms with E-state index in [-0.39, 0.29) is 17.2 Å². The lowest BCUT2D eigenvalue weighted by molar-refractivity contribution is -0.121. The molecule has 0 spiro atoms. The van der Waals surface area contributed by atoms with Gasteiger partial charge in [0.15, 0.2) is 0 Å². The van der Waals surface area contributed by atoms with E-state index < -0.39 is 6.10 Å². The van der Waals surface area contributed by atoms with Gasteiger partial charge in [0, 0.05) is 24.3 Å². The van der Waals surface area contributed by atoms with E-state index >= 15 is 0 Å². The molecule has 3 heteroatoms. The van der Waals surface area contributed by atoms with Gasteiger partial charge in [-0.05, 0) is 24.0 Å². The zero-order valence-corrected chi connectivity index (χ0v) is 14.4. The Bertz CT molecular complexity index is 707. The highest BCUT2D eigenvalue weighted by Crippen LogP contribution is 2.54. The highest BCUT2D eigenvalue weighted by atomic mass is 16.3. The van der Waals surface area contributed by atoms with Gasteiger partial charge in [0.05, 0.1) is 6.10 Å². The Balaban J connectivity index is 1.56. The van der Waals surface area contributed by atoms with Crippen molar-refractivity contribution in [3.63, 3.8) is 0 Å². The summed E-state index contributed by atoms with van der Waals surface area (Å²) in [7, 11) is 0. The molecule has 0 bridgehead atoms. The smallest absolute Gasteiger partial charge is 0.220 e. The first-order chi connectivity index (χ1) is 12.1. The minimum atomic E-state index is -0.529. The molecule has 2 aromatic carbocycles. The van der Waals surface area contributed by atoms with Crippen LogP contribution in [0.5, 0.6) is 0 Å². The molecular formula is C22H25NO2. The number of hydrogen-bond acceptors (Lipinski definition) is 2. The standard InChI is InChI=1S/C22H25NO2/c1-2-17(18-9-5-3-6-10-18)15-20(24)23-16-22(13-14-22)21(25)19-11-7-4-8-12-19/h2-12,17,21,25H,1,13-16H2,(H,23,24). The van der Waals surface area contributed by atoms with Crippen LogP contribution < -0.4 is 5.32 Å². The van der Waals surface area contributed by atoms with Crippen LogP contribution in [0.3, 0.4) is 0 Å². The number of allylic oxidation sites excluding steroid dienone is 1. The molecule has 0 radical (unpaired) electrons. The van der Waals surface area contributed by atoms with Crippen LogP contribution in [-0.2, 0) is 4.79 Å². The van der Waals surface area contributed by atoms with Crippen molar-refractivity contribution in [2.75, 3.05) is 6.54 Å². The molecule has 1 saturated carbocycles. The van der Waals surface area contributed by atoms with Gasteiger partial charge in [0.1, 0.15) is 0 Å². The first-order valence-electron chi connectivity index (χ1n) is 8.82. The summed E-state index contributed by atoms with van der Waals surface area (Å²) >= 11 is 0. The Kier molecular flexibility index (Phi) is 5.34. The van der Waals surface area contributed by atoms with E-state index in [9.17, 15) is 9.90 Å². The topological polar surface area (TPSA) is 49.3 Å². The van der Waals surface area contributed by atoms with Crippen molar-refractivity contribution in [3.05, 3.63) is 84.4 Å². The number of amides is 1. The fourth-order valence-electron chi connectivity index (χ4n) is 3.28. The zero-order valence-electron chi connectivity index (χ0n) is 14.4. The van der Waals surface area contributed by atoms with Crippen molar-refractivity contribution in [2.24, 2.45) is 5.41 Å². The molecular weight excluding hydrogens is 310 g/mol. The van der Waals surface area contributed by atoms with Crippen LogP contribution >= 0.6 is 0 Å². The Morgan fingerprint density at radius 3 is 2.16 bits per heavy atom. The molecule has 2 aromatic rings. The summed E-state index contributed by atoms with van der Waals surface area (Å²) < 4.78 is 0. The zero-order chi connectivity index (χ0) is 17.7. The maximum absolute atomic E-state index is 12.4. The molecule has 1 fully saturated rings. The summed E-state index contributed by atoms with van der Waals surface area (Å²) in [5, 5.41) is 13.7. The first-order valence-corrected chi connectivity index (χ1v) is 8.82. The van der Waals surface area contributed by atoms with Crippen molar-refractivity contribution in [1.82, 2.24) is 5.32 Å². The number of benzene rings is 2. The number of carbonyl (C=O) groups is 1. The fraction of sp³-hybridized carbons (Fsp3) is 0.318. The monoisotopic (exact) mass is 335 g/mol. The van der Waals surface area contributed by atoms with E-state index in [1.807, 2.05) is 66.7 Å². The van der Waals surface area contributed by atoms with Crippen LogP contribution in [0.1, 0.15) is 42.4 Å². The quantitative estimate of drug-likeness (QED) is 0.717. The van der Waals surface area contributed by atoms with E-state index in [0.717, 1.165) is 24.0 Å². The van der Waals surface area contributed by atoms with E-state index in [1.165, 1.54) is 0 Å². The lowest BCUT2D eigenvalue weighted by Gasteiger charge is -2.23. The second kappa shape index (κ2) is 7.66. The second-order valence-corrected chi connectivity index (χ2v) is 6.91. The number of rotatable bonds is 8. The SMILES string of the molecule is C=CC(CC(=O)NCC1(C(O)c2ccccc2)CC1)c1ccccc1. The third-order valence-corrected chi connectivity index (χ3v) is 5.14. The van der Waals surface area contributed by atoms with Crippen molar-refractivity contribution in [2.45, 2.75) is 31.3 Å². The summed E-state index contributed by atoms with van der Waals surface area (Å²) in [4.78, 5) is 12.4. The molecule has 0 aromatic heterocycles. The Morgan fingerprint density at radius 2 is 1.64 bits per heavy atom. The van der Waals surface area contributed by atoms with Crippen LogP contribution in [0, 0.1) is 5.41 Å². The predicted molar refractivity (Wildman–Crippen MR) is 100 cm³/mol. The Morgan fingerprint density at radius 1 is 1.08 bits per heavy atom. The first kappa shape index (κ1) is 17.4. The molecule has 0 aliphatic heterocycles. The Labute approximate surface area is 149 Å². The average molecular weight is 335 g/mol. The number of carbonyl (C=O) groups excluding carboxylic acids is 1. The Hall–Kier alpha value is -2.39. The number of hydrogen-bond donors (Lipinski definition) is 2. The molecule has 2 atom stereocenters. The molecule has 25 heavy (non-hydrogen) atoms. The third kappa shape index (κ3) is 4.18. The molecule has 1 aliphatic carbocycles. The molecule has 2 unspecified atom stereocenters. The molecule has 3 nitrogen and oxygen atoms in total. The molecule has 3 rings (SSSR count). The van der Waals surface area contributed by atoms with Crippen molar-refractivity contribution < 1.29 is 9.90 Å². The summed E-state index contributed by atoms with van der Waals surface area (Å²) in [5.41, 5.74) is 1.80. The van der Waals surface area contributed by atoms with Gasteiger partial charge in [-0.2, -0.15) is 0 Å². The highest BCUT2D eigenvalue weighted by Gasteiger charge is 2.49. The van der Waals surface area contributed by atoms with Gasteiger partial charge in [-0.1, -0.05) is 66.7 Å². The van der Waals surface area contributed by atoms with Gasteiger partial charge >= 0.3 is 0 Å². The van der Waals surface area contributed by atoms with E-state index in [0.29, 0.717) is 13.0 Å². The molecule has 1 amide bonds. The van der Waals surface area contributed by atoms with Gasteiger partial charge in [0.25, 0.3) is 0 Å². The number of nitrogens with one attached hydrogen (secondary N) is 1. The van der Waals surface area contributed by atoms with Crippen molar-refractivity contribution >= 4 is 5.91 Å². The van der Waals surface area contributed by atoms with E-state index in [2.05, 4.69) is 11.9 Å². The lowest BCUT2D eigenvalue weighted by atomic mass is 9.92. The minimum Gasteiger partial charge on any atom is -0.388 e. The summed E-state index contributed by atoms with van der Waals surface area (Å²) in [6.45, 7) is 4.37. The summed E-state index contributed by atoms with van der Waals surface area (Å²) in [5.74, 6) is 0.00990. The molecule has 2 N–H and O–H groups in total. The summed E-state index contributed by atoms with van der Waals surface area (Å²) in [6.07, 6.45) is 3.55. The highest BCUT2D eigenvalue weighted by molar-refractivity contribution is 5.77. The minimum absolute atomic E-state index is 0.000268. The van der Waals surface area contributed by atoms with Crippen LogP contribution in [-0.4, -0.2) is 17.6 Å². The van der Waals surface area contributed by atoms with Gasteiger partial charge in [-0.25, -0.2) is 0 Å². The van der Waals surface area contributed by atoms with E-state index in [4.69, 9.17) is 0 Å². The maximum atomic E-state index is 12.4. The van der Waals surface area contributed by atoms with Gasteiger partial charge < -0.3 is 10.4 Å². The molecule has 0 heterocycles. The van der Waals surface area contributed by atoms with Crippen LogP contribution in [0.25, 0.3) is 0 Å². The average Bonchev–Trinajstić information content (AvgIpc) is 3.46. The molecule has 130 valence electrons. The number of aliphatic hydroxyl groups is 1. The van der Waals surface area contributed by atoms with Gasteiger partial charge in [-0.15, -0.1) is 6.58 Å². The lowest BCUT2D eigenvalue weighted by Crippen LogP contribution is -2.33. The summed E-state index contributed by atoms with van der Waals surface area (Å²) in [6, 6.07) is 19.6. The fourth-order valence-corrected chi connectivity index (χ4v) is 3.28. The van der Waals surface area contributed by atoms with E-state index in [1.54, 1.807) is 0 Å².